The zero-order valence-electron chi connectivity index (χ0n) is 10.9. The number of ether oxygens (including phenoxy) is 1. The molecule has 1 atom stereocenters. The molecule has 1 saturated heterocycles. The van der Waals surface area contributed by atoms with E-state index in [9.17, 15) is 4.79 Å². The fraction of sp³-hybridized carbons (Fsp3) is 0.462. The van der Waals surface area contributed by atoms with Gasteiger partial charge in [-0.05, 0) is 17.7 Å². The first-order valence-electron chi connectivity index (χ1n) is 6.22. The largest absolute Gasteiger partial charge is 0.377 e. The third-order valence-electron chi connectivity index (χ3n) is 3.27. The Morgan fingerprint density at radius 1 is 1.63 bits per heavy atom. The van der Waals surface area contributed by atoms with Crippen LogP contribution < -0.4 is 16.0 Å². The van der Waals surface area contributed by atoms with Gasteiger partial charge in [0.15, 0.2) is 0 Å². The summed E-state index contributed by atoms with van der Waals surface area (Å²) < 4.78 is 6.36. The van der Waals surface area contributed by atoms with Gasteiger partial charge in [0.1, 0.15) is 6.04 Å². The number of hydrogen-bond acceptors (Lipinski definition) is 4. The fourth-order valence-corrected chi connectivity index (χ4v) is 2.71. The second kappa shape index (κ2) is 6.36. The van der Waals surface area contributed by atoms with Gasteiger partial charge in [0, 0.05) is 30.3 Å². The number of likely N-dealkylation sites (N-methyl/N-ethyl adjacent to an activating group) is 1. The Kier molecular flexibility index (Phi) is 4.79. The summed E-state index contributed by atoms with van der Waals surface area (Å²) in [6.07, 6.45) is 0. The van der Waals surface area contributed by atoms with E-state index >= 15 is 0 Å². The lowest BCUT2D eigenvalue weighted by Gasteiger charge is -2.36. The van der Waals surface area contributed by atoms with Crippen LogP contribution in [0.1, 0.15) is 5.56 Å². The van der Waals surface area contributed by atoms with Gasteiger partial charge in [0.05, 0.1) is 13.2 Å². The molecule has 1 aromatic carbocycles. The lowest BCUT2D eigenvalue weighted by Crippen LogP contribution is -2.53. The number of amides is 1. The average molecular weight is 328 g/mol. The second-order valence-corrected chi connectivity index (χ2v) is 5.23. The maximum absolute atomic E-state index is 11.9. The second-order valence-electron chi connectivity index (χ2n) is 4.38. The third-order valence-corrected chi connectivity index (χ3v) is 4.00. The molecular weight excluding hydrogens is 310 g/mol. The Morgan fingerprint density at radius 2 is 2.42 bits per heavy atom. The van der Waals surface area contributed by atoms with E-state index in [0.29, 0.717) is 26.3 Å². The van der Waals surface area contributed by atoms with Crippen molar-refractivity contribution in [2.75, 3.05) is 31.7 Å². The molecule has 1 aliphatic heterocycles. The molecule has 104 valence electrons. The highest BCUT2D eigenvalue weighted by atomic mass is 79.9. The summed E-state index contributed by atoms with van der Waals surface area (Å²) in [5.74, 6) is -0.0290. The molecule has 1 fully saturated rings. The Hall–Kier alpha value is -1.11. The van der Waals surface area contributed by atoms with E-state index in [0.717, 1.165) is 15.7 Å². The lowest BCUT2D eigenvalue weighted by molar-refractivity contribution is -0.124. The molecule has 19 heavy (non-hydrogen) atoms. The molecule has 0 spiro atoms. The van der Waals surface area contributed by atoms with Crippen molar-refractivity contribution in [3.8, 4) is 0 Å². The minimum Gasteiger partial charge on any atom is -0.377 e. The summed E-state index contributed by atoms with van der Waals surface area (Å²) in [7, 11) is 1.64. The molecule has 0 aliphatic carbocycles. The van der Waals surface area contributed by atoms with Gasteiger partial charge in [-0.15, -0.1) is 0 Å². The van der Waals surface area contributed by atoms with Crippen LogP contribution in [-0.2, 0) is 16.1 Å². The topological polar surface area (TPSA) is 67.6 Å². The molecule has 1 heterocycles. The van der Waals surface area contributed by atoms with Crippen LogP contribution in [0, 0.1) is 0 Å². The van der Waals surface area contributed by atoms with Gasteiger partial charge >= 0.3 is 0 Å². The van der Waals surface area contributed by atoms with E-state index in [4.69, 9.17) is 10.5 Å². The van der Waals surface area contributed by atoms with Crippen molar-refractivity contribution in [1.29, 1.82) is 0 Å². The summed E-state index contributed by atoms with van der Waals surface area (Å²) in [5.41, 5.74) is 7.70. The molecule has 0 aromatic heterocycles. The number of carbonyl (C=O) groups is 1. The number of morpholine rings is 1. The van der Waals surface area contributed by atoms with E-state index < -0.39 is 0 Å². The van der Waals surface area contributed by atoms with Gasteiger partial charge < -0.3 is 20.7 Å². The zero-order valence-corrected chi connectivity index (χ0v) is 12.4. The first-order chi connectivity index (χ1) is 9.17. The summed E-state index contributed by atoms with van der Waals surface area (Å²) in [5, 5.41) is 2.68. The van der Waals surface area contributed by atoms with E-state index in [1.165, 1.54) is 0 Å². The van der Waals surface area contributed by atoms with Gasteiger partial charge in [-0.1, -0.05) is 22.0 Å². The van der Waals surface area contributed by atoms with Crippen molar-refractivity contribution in [1.82, 2.24) is 5.32 Å². The molecule has 1 aromatic rings. The van der Waals surface area contributed by atoms with Crippen LogP contribution in [0.4, 0.5) is 5.69 Å². The molecule has 6 heteroatoms. The van der Waals surface area contributed by atoms with E-state index in [1.54, 1.807) is 7.05 Å². The SMILES string of the molecule is CNC(=O)C1COCCN1c1ccc(CN)c(Br)c1. The monoisotopic (exact) mass is 327 g/mol. The Labute approximate surface area is 121 Å². The number of nitrogens with one attached hydrogen (secondary N) is 1. The molecule has 1 amide bonds. The van der Waals surface area contributed by atoms with Crippen molar-refractivity contribution in [2.45, 2.75) is 12.6 Å². The maximum atomic E-state index is 11.9. The van der Waals surface area contributed by atoms with Crippen LogP contribution in [0.5, 0.6) is 0 Å². The van der Waals surface area contributed by atoms with Crippen LogP contribution in [0.25, 0.3) is 0 Å². The first-order valence-corrected chi connectivity index (χ1v) is 7.01. The van der Waals surface area contributed by atoms with Crippen molar-refractivity contribution in [2.24, 2.45) is 5.73 Å². The quantitative estimate of drug-likeness (QED) is 0.864. The number of rotatable bonds is 3. The molecule has 1 aliphatic rings. The number of nitrogens with zero attached hydrogens (tertiary/aromatic N) is 1. The highest BCUT2D eigenvalue weighted by Gasteiger charge is 2.29. The van der Waals surface area contributed by atoms with Gasteiger partial charge in [0.25, 0.3) is 0 Å². The standard InChI is InChI=1S/C13H18BrN3O2/c1-16-13(18)12-8-19-5-4-17(12)10-3-2-9(7-15)11(14)6-10/h2-3,6,12H,4-5,7-8,15H2,1H3,(H,16,18). The van der Waals surface area contributed by atoms with Gasteiger partial charge in [-0.2, -0.15) is 0 Å². The minimum absolute atomic E-state index is 0.0290. The normalized spacial score (nSPS) is 19.3. The lowest BCUT2D eigenvalue weighted by atomic mass is 10.1. The number of nitrogens with two attached hydrogens (primary N) is 1. The number of benzene rings is 1. The zero-order chi connectivity index (χ0) is 13.8. The number of anilines is 1. The molecular formula is C13H18BrN3O2. The molecule has 0 radical (unpaired) electrons. The molecule has 0 bridgehead atoms. The maximum Gasteiger partial charge on any atom is 0.244 e. The predicted molar refractivity (Wildman–Crippen MR) is 78.1 cm³/mol. The molecule has 1 unspecified atom stereocenters. The van der Waals surface area contributed by atoms with Crippen LogP contribution >= 0.6 is 15.9 Å². The molecule has 3 N–H and O–H groups in total. The van der Waals surface area contributed by atoms with Crippen LogP contribution in [0.2, 0.25) is 0 Å². The first kappa shape index (κ1) is 14.3. The number of halogens is 1. The smallest absolute Gasteiger partial charge is 0.244 e. The molecule has 5 nitrogen and oxygen atoms in total. The Bertz CT molecular complexity index is 467. The fourth-order valence-electron chi connectivity index (χ4n) is 2.18. The van der Waals surface area contributed by atoms with E-state index in [-0.39, 0.29) is 11.9 Å². The van der Waals surface area contributed by atoms with Crippen LogP contribution in [0.3, 0.4) is 0 Å². The minimum atomic E-state index is -0.283. The third kappa shape index (κ3) is 3.08. The van der Waals surface area contributed by atoms with Gasteiger partial charge in [0.2, 0.25) is 5.91 Å². The van der Waals surface area contributed by atoms with Crippen molar-refractivity contribution < 1.29 is 9.53 Å². The van der Waals surface area contributed by atoms with E-state index in [2.05, 4.69) is 26.1 Å². The summed E-state index contributed by atoms with van der Waals surface area (Å²) in [4.78, 5) is 14.0. The van der Waals surface area contributed by atoms with Crippen LogP contribution in [-0.4, -0.2) is 38.8 Å². The summed E-state index contributed by atoms with van der Waals surface area (Å²) in [6, 6.07) is 5.70. The summed E-state index contributed by atoms with van der Waals surface area (Å²) >= 11 is 3.51. The van der Waals surface area contributed by atoms with Gasteiger partial charge in [-0.3, -0.25) is 4.79 Å². The van der Waals surface area contributed by atoms with Crippen LogP contribution in [0.15, 0.2) is 22.7 Å². The van der Waals surface area contributed by atoms with Crippen molar-refractivity contribution in [3.05, 3.63) is 28.2 Å². The summed E-state index contributed by atoms with van der Waals surface area (Å²) in [6.45, 7) is 2.23. The van der Waals surface area contributed by atoms with Gasteiger partial charge in [-0.25, -0.2) is 0 Å². The Balaban J connectivity index is 2.27. The average Bonchev–Trinajstić information content (AvgIpc) is 2.46. The predicted octanol–water partition coefficient (Wildman–Crippen LogP) is 0.859. The van der Waals surface area contributed by atoms with Crippen molar-refractivity contribution in [3.63, 3.8) is 0 Å². The Morgan fingerprint density at radius 3 is 3.05 bits per heavy atom. The highest BCUT2D eigenvalue weighted by molar-refractivity contribution is 9.10. The number of hydrogen-bond donors (Lipinski definition) is 2. The highest BCUT2D eigenvalue weighted by Crippen LogP contribution is 2.26. The molecule has 0 saturated carbocycles. The number of carbonyl (C=O) groups excluding carboxylic acids is 1. The van der Waals surface area contributed by atoms with Crippen molar-refractivity contribution >= 4 is 27.5 Å². The van der Waals surface area contributed by atoms with E-state index in [1.807, 2.05) is 18.2 Å². The molecule has 2 rings (SSSR count).